The number of aromatic hydroxyl groups is 1. The normalized spacial score (nSPS) is 10.1. The second kappa shape index (κ2) is 5.35. The van der Waals surface area contributed by atoms with Crippen molar-refractivity contribution < 1.29 is 24.2 Å². The van der Waals surface area contributed by atoms with Crippen LogP contribution in [0.2, 0.25) is 0 Å². The van der Waals surface area contributed by atoms with Gasteiger partial charge in [0.25, 0.3) is 5.91 Å². The maximum atomic E-state index is 13.0. The van der Waals surface area contributed by atoms with Gasteiger partial charge < -0.3 is 15.5 Å². The highest BCUT2D eigenvalue weighted by Gasteiger charge is 2.13. The fraction of sp³-hybridized carbons (Fsp3) is 0. The minimum absolute atomic E-state index is 0.0309. The van der Waals surface area contributed by atoms with E-state index in [1.165, 1.54) is 12.1 Å². The molecular weight excluding hydrogens is 267 g/mol. The molecule has 1 aromatic heterocycles. The number of anilines is 1. The van der Waals surface area contributed by atoms with Gasteiger partial charge in [-0.2, -0.15) is 0 Å². The molecule has 0 bridgehead atoms. The molecule has 0 saturated carbocycles. The number of carboxylic acids is 1. The molecule has 0 saturated heterocycles. The van der Waals surface area contributed by atoms with Crippen LogP contribution in [-0.4, -0.2) is 27.1 Å². The Morgan fingerprint density at radius 2 is 1.95 bits per heavy atom. The van der Waals surface area contributed by atoms with E-state index in [2.05, 4.69) is 10.3 Å². The van der Waals surface area contributed by atoms with Crippen molar-refractivity contribution in [2.45, 2.75) is 0 Å². The van der Waals surface area contributed by atoms with Crippen molar-refractivity contribution in [1.82, 2.24) is 4.98 Å². The van der Waals surface area contributed by atoms with E-state index < -0.39 is 17.7 Å². The number of hydrogen-bond donors (Lipinski definition) is 3. The van der Waals surface area contributed by atoms with Crippen LogP contribution >= 0.6 is 0 Å². The molecular formula is C13H9FN2O4. The van der Waals surface area contributed by atoms with Crippen LogP contribution in [0.25, 0.3) is 0 Å². The molecule has 0 spiro atoms. The molecule has 102 valence electrons. The van der Waals surface area contributed by atoms with Gasteiger partial charge in [0, 0.05) is 6.20 Å². The number of nitrogens with one attached hydrogen (secondary N) is 1. The number of aromatic nitrogens is 1. The van der Waals surface area contributed by atoms with E-state index in [1.54, 1.807) is 0 Å². The van der Waals surface area contributed by atoms with Gasteiger partial charge in [0.15, 0.2) is 0 Å². The maximum absolute atomic E-state index is 13.0. The zero-order chi connectivity index (χ0) is 14.7. The molecule has 0 aliphatic carbocycles. The number of phenols is 1. The number of amides is 1. The van der Waals surface area contributed by atoms with Gasteiger partial charge in [-0.05, 0) is 30.3 Å². The monoisotopic (exact) mass is 276 g/mol. The number of hydrogen-bond acceptors (Lipinski definition) is 4. The number of carbonyl (C=O) groups is 2. The number of phenolic OH excluding ortho intramolecular Hbond substituents is 1. The number of carboxylic acid groups (broad SMARTS) is 1. The molecule has 0 aliphatic rings. The molecule has 0 unspecified atom stereocenters. The molecule has 3 N–H and O–H groups in total. The first-order chi connectivity index (χ1) is 9.47. The maximum Gasteiger partial charge on any atom is 0.337 e. The van der Waals surface area contributed by atoms with Gasteiger partial charge in [0.1, 0.15) is 17.4 Å². The Kier molecular flexibility index (Phi) is 3.60. The van der Waals surface area contributed by atoms with Crippen LogP contribution in [0.15, 0.2) is 36.5 Å². The Balaban J connectivity index is 2.19. The quantitative estimate of drug-likeness (QED) is 0.794. The number of carbonyl (C=O) groups excluding carboxylic acids is 1. The first-order valence-electron chi connectivity index (χ1n) is 5.46. The molecule has 0 fully saturated rings. The van der Waals surface area contributed by atoms with E-state index >= 15 is 0 Å². The molecule has 0 aliphatic heterocycles. The summed E-state index contributed by atoms with van der Waals surface area (Å²) < 4.78 is 13.0. The van der Waals surface area contributed by atoms with E-state index in [1.807, 2.05) is 0 Å². The number of aromatic carboxylic acids is 1. The van der Waals surface area contributed by atoms with Crippen LogP contribution in [0.1, 0.15) is 20.7 Å². The lowest BCUT2D eigenvalue weighted by molar-refractivity contribution is 0.0696. The summed E-state index contributed by atoms with van der Waals surface area (Å²) in [6.07, 6.45) is 1.07. The lowest BCUT2D eigenvalue weighted by atomic mass is 10.2. The van der Waals surface area contributed by atoms with Crippen molar-refractivity contribution in [3.63, 3.8) is 0 Å². The molecule has 7 heteroatoms. The Morgan fingerprint density at radius 1 is 1.20 bits per heavy atom. The van der Waals surface area contributed by atoms with Gasteiger partial charge in [-0.15, -0.1) is 0 Å². The van der Waals surface area contributed by atoms with Crippen molar-refractivity contribution in [2.75, 3.05) is 5.32 Å². The van der Waals surface area contributed by atoms with Crippen molar-refractivity contribution in [3.05, 3.63) is 53.5 Å². The smallest absolute Gasteiger partial charge is 0.337 e. The molecule has 1 aromatic carbocycles. The number of rotatable bonds is 3. The highest BCUT2D eigenvalue weighted by molar-refractivity contribution is 6.05. The van der Waals surface area contributed by atoms with Crippen LogP contribution in [0.4, 0.5) is 10.2 Å². The predicted octanol–water partition coefficient (Wildman–Crippen LogP) is 1.88. The fourth-order valence-electron chi connectivity index (χ4n) is 1.47. The van der Waals surface area contributed by atoms with E-state index in [0.717, 1.165) is 24.4 Å². The highest BCUT2D eigenvalue weighted by atomic mass is 19.1. The highest BCUT2D eigenvalue weighted by Crippen LogP contribution is 2.19. The zero-order valence-corrected chi connectivity index (χ0v) is 10.0. The van der Waals surface area contributed by atoms with Gasteiger partial charge in [0.2, 0.25) is 0 Å². The summed E-state index contributed by atoms with van der Waals surface area (Å²) >= 11 is 0. The van der Waals surface area contributed by atoms with Crippen molar-refractivity contribution >= 4 is 17.7 Å². The fourth-order valence-corrected chi connectivity index (χ4v) is 1.47. The van der Waals surface area contributed by atoms with Crippen molar-refractivity contribution in [2.24, 2.45) is 0 Å². The van der Waals surface area contributed by atoms with Crippen LogP contribution in [-0.2, 0) is 0 Å². The minimum atomic E-state index is -1.14. The van der Waals surface area contributed by atoms with Gasteiger partial charge >= 0.3 is 5.97 Å². The van der Waals surface area contributed by atoms with Crippen LogP contribution in [0.3, 0.4) is 0 Å². The third-order valence-electron chi connectivity index (χ3n) is 2.46. The average molecular weight is 276 g/mol. The lowest BCUT2D eigenvalue weighted by Gasteiger charge is -2.06. The molecule has 6 nitrogen and oxygen atoms in total. The van der Waals surface area contributed by atoms with Crippen LogP contribution < -0.4 is 5.32 Å². The second-order valence-electron chi connectivity index (χ2n) is 3.85. The van der Waals surface area contributed by atoms with Gasteiger partial charge in [-0.3, -0.25) is 4.79 Å². The summed E-state index contributed by atoms with van der Waals surface area (Å²) in [4.78, 5) is 26.2. The zero-order valence-electron chi connectivity index (χ0n) is 10.0. The lowest BCUT2D eigenvalue weighted by Crippen LogP contribution is -2.13. The molecule has 0 atom stereocenters. The van der Waals surface area contributed by atoms with Crippen LogP contribution in [0.5, 0.6) is 5.75 Å². The number of benzene rings is 1. The third-order valence-corrected chi connectivity index (χ3v) is 2.46. The average Bonchev–Trinajstić information content (AvgIpc) is 2.42. The second-order valence-corrected chi connectivity index (χ2v) is 3.85. The van der Waals surface area contributed by atoms with Crippen LogP contribution in [0, 0.1) is 5.82 Å². The van der Waals surface area contributed by atoms with Crippen molar-refractivity contribution in [3.8, 4) is 5.75 Å². The Morgan fingerprint density at radius 3 is 2.55 bits per heavy atom. The van der Waals surface area contributed by atoms with E-state index in [0.29, 0.717) is 0 Å². The standard InChI is InChI=1S/C13H9FN2O4/c14-8-2-3-10(17)9(5-8)12(18)16-11-4-1-7(6-15-11)13(19)20/h1-6,17H,(H,19,20)(H,15,16,18). The van der Waals surface area contributed by atoms with Gasteiger partial charge in [-0.1, -0.05) is 0 Å². The predicted molar refractivity (Wildman–Crippen MR) is 67.2 cm³/mol. The Labute approximate surface area is 112 Å². The largest absolute Gasteiger partial charge is 0.507 e. The molecule has 1 amide bonds. The SMILES string of the molecule is O=C(O)c1ccc(NC(=O)c2cc(F)ccc2O)nc1. The topological polar surface area (TPSA) is 99.5 Å². The van der Waals surface area contributed by atoms with E-state index in [9.17, 15) is 19.1 Å². The molecule has 2 rings (SSSR count). The summed E-state index contributed by atoms with van der Waals surface area (Å²) in [6, 6.07) is 5.52. The first-order valence-corrected chi connectivity index (χ1v) is 5.46. The van der Waals surface area contributed by atoms with E-state index in [4.69, 9.17) is 5.11 Å². The Hall–Kier alpha value is -2.96. The summed E-state index contributed by atoms with van der Waals surface area (Å²) in [5.74, 6) is -2.84. The number of pyridine rings is 1. The molecule has 2 aromatic rings. The van der Waals surface area contributed by atoms with Crippen molar-refractivity contribution in [1.29, 1.82) is 0 Å². The summed E-state index contributed by atoms with van der Waals surface area (Å²) in [5.41, 5.74) is -0.272. The summed E-state index contributed by atoms with van der Waals surface area (Å²) in [7, 11) is 0. The number of halogens is 1. The minimum Gasteiger partial charge on any atom is -0.507 e. The van der Waals surface area contributed by atoms with Gasteiger partial charge in [-0.25, -0.2) is 14.2 Å². The third kappa shape index (κ3) is 2.89. The van der Waals surface area contributed by atoms with E-state index in [-0.39, 0.29) is 22.7 Å². The van der Waals surface area contributed by atoms with Gasteiger partial charge in [0.05, 0.1) is 11.1 Å². The summed E-state index contributed by atoms with van der Waals surface area (Å²) in [6.45, 7) is 0. The Bertz CT molecular complexity index is 671. The molecule has 20 heavy (non-hydrogen) atoms. The summed E-state index contributed by atoms with van der Waals surface area (Å²) in [5, 5.41) is 20.5. The molecule has 1 heterocycles. The number of nitrogens with zero attached hydrogens (tertiary/aromatic N) is 1. The molecule has 0 radical (unpaired) electrons. The first kappa shape index (κ1) is 13.5.